The van der Waals surface area contributed by atoms with Gasteiger partial charge in [0.15, 0.2) is 0 Å². The van der Waals surface area contributed by atoms with E-state index in [1.54, 1.807) is 5.57 Å². The molecule has 0 aromatic carbocycles. The number of rotatable bonds is 7. The molecule has 4 aliphatic carbocycles. The van der Waals surface area contributed by atoms with Gasteiger partial charge >= 0.3 is 0 Å². The van der Waals surface area contributed by atoms with Crippen LogP contribution in [0.1, 0.15) is 105 Å². The summed E-state index contributed by atoms with van der Waals surface area (Å²) in [5.41, 5.74) is 2.16. The predicted molar refractivity (Wildman–Crippen MR) is 156 cm³/mol. The van der Waals surface area contributed by atoms with Crippen molar-refractivity contribution < 1.29 is 18.3 Å². The molecular formula is C32H54N2O4S. The molecule has 222 valence electrons. The molecule has 7 heteroatoms. The molecule has 1 saturated heterocycles. The number of piperidine rings is 1. The molecule has 4 fully saturated rings. The van der Waals surface area contributed by atoms with Gasteiger partial charge in [0.05, 0.1) is 12.4 Å². The first-order valence-electron chi connectivity index (χ1n) is 15.8. The zero-order valence-electron chi connectivity index (χ0n) is 25.2. The summed E-state index contributed by atoms with van der Waals surface area (Å²) >= 11 is 0. The average molecular weight is 563 g/mol. The normalized spacial score (nSPS) is 40.7. The van der Waals surface area contributed by atoms with E-state index in [0.717, 1.165) is 69.4 Å². The maximum absolute atomic E-state index is 13.2. The number of aliphatic hydroxyl groups excluding tert-OH is 1. The lowest BCUT2D eigenvalue weighted by atomic mass is 9.47. The maximum atomic E-state index is 13.2. The van der Waals surface area contributed by atoms with E-state index in [4.69, 9.17) is 0 Å². The number of aliphatic hydroxyl groups is 1. The second kappa shape index (κ2) is 10.7. The lowest BCUT2D eigenvalue weighted by molar-refractivity contribution is -0.133. The van der Waals surface area contributed by atoms with Gasteiger partial charge in [-0.05, 0) is 116 Å². The Morgan fingerprint density at radius 2 is 1.79 bits per heavy atom. The molecule has 39 heavy (non-hydrogen) atoms. The summed E-state index contributed by atoms with van der Waals surface area (Å²) in [5.74, 6) is 3.89. The molecule has 6 nitrogen and oxygen atoms in total. The van der Waals surface area contributed by atoms with Crippen LogP contribution >= 0.6 is 0 Å². The number of hydrogen-bond acceptors (Lipinski definition) is 4. The minimum atomic E-state index is -3.19. The van der Waals surface area contributed by atoms with E-state index in [2.05, 4.69) is 38.5 Å². The van der Waals surface area contributed by atoms with E-state index >= 15 is 0 Å². The van der Waals surface area contributed by atoms with Crippen LogP contribution in [-0.2, 0) is 14.8 Å². The third kappa shape index (κ3) is 5.75. The fourth-order valence-corrected chi connectivity index (χ4v) is 10.7. The van der Waals surface area contributed by atoms with E-state index in [0.29, 0.717) is 35.6 Å². The summed E-state index contributed by atoms with van der Waals surface area (Å²) in [6.07, 6.45) is 16.4. The Balaban J connectivity index is 1.15. The molecule has 1 aliphatic heterocycles. The van der Waals surface area contributed by atoms with Crippen LogP contribution in [0.15, 0.2) is 11.6 Å². The number of carbonyl (C=O) groups excluding carboxylic acids is 1. The Bertz CT molecular complexity index is 1060. The van der Waals surface area contributed by atoms with Crippen molar-refractivity contribution in [2.75, 3.05) is 25.9 Å². The number of nitrogens with one attached hydrogen (secondary N) is 1. The highest BCUT2D eigenvalue weighted by Crippen LogP contribution is 2.67. The van der Waals surface area contributed by atoms with Gasteiger partial charge in [0, 0.05) is 26.1 Å². The van der Waals surface area contributed by atoms with E-state index < -0.39 is 10.0 Å². The monoisotopic (exact) mass is 562 g/mol. The average Bonchev–Trinajstić information content (AvgIpc) is 3.24. The molecule has 2 N–H and O–H groups in total. The highest BCUT2D eigenvalue weighted by molar-refractivity contribution is 7.88. The van der Waals surface area contributed by atoms with Crippen LogP contribution in [0, 0.1) is 45.8 Å². The van der Waals surface area contributed by atoms with Crippen LogP contribution in [0.3, 0.4) is 0 Å². The smallest absolute Gasteiger partial charge is 0.222 e. The van der Waals surface area contributed by atoms with Gasteiger partial charge in [-0.3, -0.25) is 4.79 Å². The summed E-state index contributed by atoms with van der Waals surface area (Å²) in [7, 11) is -3.19. The summed E-state index contributed by atoms with van der Waals surface area (Å²) in [4.78, 5) is 15.2. The number of carbonyl (C=O) groups is 1. The van der Waals surface area contributed by atoms with Crippen molar-refractivity contribution in [2.24, 2.45) is 45.8 Å². The van der Waals surface area contributed by atoms with Crippen LogP contribution < -0.4 is 4.72 Å². The highest BCUT2D eigenvalue weighted by Gasteiger charge is 2.59. The van der Waals surface area contributed by atoms with Crippen LogP contribution in [0.5, 0.6) is 0 Å². The Kier molecular flexibility index (Phi) is 8.13. The Labute approximate surface area is 237 Å². The molecule has 8 atom stereocenters. The Hall–Kier alpha value is -0.920. The summed E-state index contributed by atoms with van der Waals surface area (Å²) in [6.45, 7) is 11.5. The molecule has 1 heterocycles. The maximum Gasteiger partial charge on any atom is 0.222 e. The summed E-state index contributed by atoms with van der Waals surface area (Å²) < 4.78 is 25.7. The number of sulfonamides is 1. The van der Waals surface area contributed by atoms with Gasteiger partial charge < -0.3 is 10.0 Å². The molecule has 1 amide bonds. The van der Waals surface area contributed by atoms with Gasteiger partial charge in [-0.25, -0.2) is 13.1 Å². The van der Waals surface area contributed by atoms with Crippen molar-refractivity contribution in [3.05, 3.63) is 11.6 Å². The molecule has 0 aromatic rings. The second-order valence-electron chi connectivity index (χ2n) is 15.2. The fourth-order valence-electron chi connectivity index (χ4n) is 10.1. The zero-order valence-corrected chi connectivity index (χ0v) is 26.0. The Morgan fingerprint density at radius 1 is 1.08 bits per heavy atom. The number of nitrogens with zero attached hydrogens (tertiary/aromatic N) is 1. The zero-order chi connectivity index (χ0) is 28.2. The summed E-state index contributed by atoms with van der Waals surface area (Å²) in [6, 6.07) is 0. The van der Waals surface area contributed by atoms with Gasteiger partial charge in [-0.2, -0.15) is 0 Å². The predicted octanol–water partition coefficient (Wildman–Crippen LogP) is 5.52. The van der Waals surface area contributed by atoms with Gasteiger partial charge in [0.25, 0.3) is 0 Å². The number of allylic oxidation sites excluding steroid dienone is 1. The molecule has 0 aromatic heterocycles. The number of amides is 1. The van der Waals surface area contributed by atoms with E-state index in [1.165, 1.54) is 38.4 Å². The third-order valence-corrected chi connectivity index (χ3v) is 13.4. The molecule has 5 aliphatic rings. The molecule has 5 rings (SSSR count). The topological polar surface area (TPSA) is 86.7 Å². The SMILES string of the molecule is C[C@H](CCC(=O)N1CCC(C)(CNS(C)(=O)=O)CC1)[C@H]1CC[C@H]2[C@@H]3CC=C4C[C@@H](O)CC[C@]4(C)[C@H]3CC[C@]12C. The minimum Gasteiger partial charge on any atom is -0.393 e. The molecule has 0 radical (unpaired) electrons. The first-order valence-corrected chi connectivity index (χ1v) is 17.7. The second-order valence-corrected chi connectivity index (χ2v) is 17.0. The first kappa shape index (κ1) is 29.6. The van der Waals surface area contributed by atoms with Crippen molar-refractivity contribution in [1.29, 1.82) is 0 Å². The van der Waals surface area contributed by atoms with Crippen LogP contribution in [0.4, 0.5) is 0 Å². The molecular weight excluding hydrogens is 508 g/mol. The van der Waals surface area contributed by atoms with Crippen LogP contribution in [-0.4, -0.2) is 56.3 Å². The molecule has 0 unspecified atom stereocenters. The van der Waals surface area contributed by atoms with Crippen LogP contribution in [0.2, 0.25) is 0 Å². The first-order chi connectivity index (χ1) is 18.2. The minimum absolute atomic E-state index is 0.0803. The van der Waals surface area contributed by atoms with Crippen LogP contribution in [0.25, 0.3) is 0 Å². The Morgan fingerprint density at radius 3 is 2.49 bits per heavy atom. The van der Waals surface area contributed by atoms with Gasteiger partial charge in [0.1, 0.15) is 0 Å². The number of fused-ring (bicyclic) bond motifs is 5. The number of likely N-dealkylation sites (tertiary alicyclic amines) is 1. The van der Waals surface area contributed by atoms with E-state index in [-0.39, 0.29) is 17.4 Å². The standard InChI is InChI=1S/C32H54N2O4S/c1-22(6-11-29(36)34-18-16-30(2,17-19-34)21-33-39(5,37)38)26-9-10-27-25-8-7-23-20-24(35)12-14-31(23,3)28(25)13-15-32(26,27)4/h7,22,24-28,33,35H,6,8-21H2,1-5H3/t22-,24+,25+,26-,27+,28+,31+,32-/m1/s1. The van der Waals surface area contributed by atoms with Crippen molar-refractivity contribution in [1.82, 2.24) is 9.62 Å². The quantitative estimate of drug-likeness (QED) is 0.400. The van der Waals surface area contributed by atoms with Gasteiger partial charge in [-0.15, -0.1) is 0 Å². The van der Waals surface area contributed by atoms with Crippen molar-refractivity contribution in [2.45, 2.75) is 111 Å². The van der Waals surface area contributed by atoms with E-state index in [1.807, 2.05) is 4.90 Å². The van der Waals surface area contributed by atoms with Crippen molar-refractivity contribution >= 4 is 15.9 Å². The lowest BCUT2D eigenvalue weighted by Gasteiger charge is -2.58. The highest BCUT2D eigenvalue weighted by atomic mass is 32.2. The van der Waals surface area contributed by atoms with E-state index in [9.17, 15) is 18.3 Å². The van der Waals surface area contributed by atoms with Crippen molar-refractivity contribution in [3.63, 3.8) is 0 Å². The molecule has 0 spiro atoms. The summed E-state index contributed by atoms with van der Waals surface area (Å²) in [5, 5.41) is 10.3. The molecule has 0 bridgehead atoms. The lowest BCUT2D eigenvalue weighted by Crippen LogP contribution is -2.50. The van der Waals surface area contributed by atoms with Gasteiger partial charge in [-0.1, -0.05) is 39.3 Å². The third-order valence-electron chi connectivity index (χ3n) is 12.7. The molecule has 3 saturated carbocycles. The number of hydrogen-bond donors (Lipinski definition) is 2. The fraction of sp³-hybridized carbons (Fsp3) is 0.906. The largest absolute Gasteiger partial charge is 0.393 e. The van der Waals surface area contributed by atoms with Crippen molar-refractivity contribution in [3.8, 4) is 0 Å². The van der Waals surface area contributed by atoms with Gasteiger partial charge in [0.2, 0.25) is 15.9 Å².